The molecular formula is C26H24ClN5O. The molecule has 1 unspecified atom stereocenters. The lowest BCUT2D eigenvalue weighted by Crippen LogP contribution is -2.32. The zero-order chi connectivity index (χ0) is 22.6. The number of carbonyl (C=O) groups is 1. The molecule has 1 fully saturated rings. The van der Waals surface area contributed by atoms with Gasteiger partial charge in [0.25, 0.3) is 5.91 Å². The van der Waals surface area contributed by atoms with E-state index in [9.17, 15) is 4.79 Å². The van der Waals surface area contributed by atoms with E-state index in [2.05, 4.69) is 10.1 Å². The molecule has 0 N–H and O–H groups in total. The number of hydrogen-bond donors (Lipinski definition) is 0. The molecule has 1 aliphatic rings. The zero-order valence-electron chi connectivity index (χ0n) is 18.1. The van der Waals surface area contributed by atoms with Crippen LogP contribution in [0.1, 0.15) is 51.8 Å². The Morgan fingerprint density at radius 2 is 2.00 bits per heavy atom. The lowest BCUT2D eigenvalue weighted by Gasteiger charge is -2.25. The van der Waals surface area contributed by atoms with Crippen LogP contribution in [0.2, 0.25) is 5.02 Å². The minimum Gasteiger partial charge on any atom is -0.330 e. The standard InChI is InChI=1S/C26H24ClN5O/c27-21-8-3-6-19(14-21)15-22-16-28-17-24(30-22)25-10-4-13-32(25)26(33)23-9-2-1-7-20(23)18-31-12-5-11-29-31/h1-3,5-9,11-12,14,16-17,25H,4,10,13,15,18H2. The molecule has 0 saturated carbocycles. The third kappa shape index (κ3) is 4.81. The molecule has 4 aromatic rings. The predicted octanol–water partition coefficient (Wildman–Crippen LogP) is 4.94. The van der Waals surface area contributed by atoms with E-state index in [1.54, 1.807) is 18.6 Å². The number of amides is 1. The molecule has 33 heavy (non-hydrogen) atoms. The molecule has 7 heteroatoms. The van der Waals surface area contributed by atoms with Gasteiger partial charge in [-0.2, -0.15) is 5.10 Å². The fourth-order valence-corrected chi connectivity index (χ4v) is 4.65. The van der Waals surface area contributed by atoms with Crippen molar-refractivity contribution in [2.45, 2.75) is 31.8 Å². The van der Waals surface area contributed by atoms with E-state index in [4.69, 9.17) is 16.6 Å². The molecule has 2 aromatic carbocycles. The highest BCUT2D eigenvalue weighted by atomic mass is 35.5. The van der Waals surface area contributed by atoms with Gasteiger partial charge in [0.05, 0.1) is 30.2 Å². The molecular weight excluding hydrogens is 434 g/mol. The summed E-state index contributed by atoms with van der Waals surface area (Å²) in [7, 11) is 0. The first-order chi connectivity index (χ1) is 16.2. The van der Waals surface area contributed by atoms with Gasteiger partial charge in [-0.05, 0) is 48.2 Å². The van der Waals surface area contributed by atoms with E-state index in [0.717, 1.165) is 35.4 Å². The van der Waals surface area contributed by atoms with Crippen LogP contribution in [0.4, 0.5) is 0 Å². The Morgan fingerprint density at radius 3 is 2.85 bits per heavy atom. The normalized spacial score (nSPS) is 15.7. The minimum absolute atomic E-state index is 0.0299. The number of aromatic nitrogens is 4. The van der Waals surface area contributed by atoms with E-state index in [-0.39, 0.29) is 11.9 Å². The van der Waals surface area contributed by atoms with Crippen LogP contribution >= 0.6 is 11.6 Å². The monoisotopic (exact) mass is 457 g/mol. The van der Waals surface area contributed by atoms with Gasteiger partial charge in [0.1, 0.15) is 0 Å². The van der Waals surface area contributed by atoms with Crippen molar-refractivity contribution in [2.75, 3.05) is 6.54 Å². The average Bonchev–Trinajstić information content (AvgIpc) is 3.52. The van der Waals surface area contributed by atoms with Crippen LogP contribution in [-0.2, 0) is 13.0 Å². The second-order valence-corrected chi connectivity index (χ2v) is 8.70. The second-order valence-electron chi connectivity index (χ2n) is 8.26. The molecule has 5 rings (SSSR count). The van der Waals surface area contributed by atoms with Gasteiger partial charge in [0.2, 0.25) is 0 Å². The van der Waals surface area contributed by atoms with Gasteiger partial charge in [-0.3, -0.25) is 19.4 Å². The van der Waals surface area contributed by atoms with Crippen LogP contribution in [0.15, 0.2) is 79.4 Å². The van der Waals surface area contributed by atoms with Crippen LogP contribution < -0.4 is 0 Å². The van der Waals surface area contributed by atoms with Crippen LogP contribution in [0.5, 0.6) is 0 Å². The van der Waals surface area contributed by atoms with Crippen LogP contribution in [0, 0.1) is 0 Å². The zero-order valence-corrected chi connectivity index (χ0v) is 18.9. The van der Waals surface area contributed by atoms with Crippen molar-refractivity contribution in [1.29, 1.82) is 0 Å². The maximum absolute atomic E-state index is 13.6. The van der Waals surface area contributed by atoms with Crippen molar-refractivity contribution in [3.63, 3.8) is 0 Å². The van der Waals surface area contributed by atoms with Gasteiger partial charge in [-0.15, -0.1) is 0 Å². The molecule has 1 aliphatic heterocycles. The van der Waals surface area contributed by atoms with E-state index in [1.165, 1.54) is 0 Å². The van der Waals surface area contributed by atoms with Crippen molar-refractivity contribution < 1.29 is 4.79 Å². The highest BCUT2D eigenvalue weighted by Gasteiger charge is 2.32. The average molecular weight is 458 g/mol. The number of likely N-dealkylation sites (tertiary alicyclic amines) is 1. The van der Waals surface area contributed by atoms with Crippen molar-refractivity contribution in [2.24, 2.45) is 0 Å². The summed E-state index contributed by atoms with van der Waals surface area (Å²) in [4.78, 5) is 24.9. The first-order valence-corrected chi connectivity index (χ1v) is 11.5. The fourth-order valence-electron chi connectivity index (χ4n) is 4.43. The van der Waals surface area contributed by atoms with Gasteiger partial charge in [0, 0.05) is 42.1 Å². The molecule has 0 radical (unpaired) electrons. The first kappa shape index (κ1) is 21.3. The molecule has 1 saturated heterocycles. The van der Waals surface area contributed by atoms with E-state index < -0.39 is 0 Å². The summed E-state index contributed by atoms with van der Waals surface area (Å²) < 4.78 is 1.83. The highest BCUT2D eigenvalue weighted by molar-refractivity contribution is 6.30. The lowest BCUT2D eigenvalue weighted by atomic mass is 10.0. The van der Waals surface area contributed by atoms with Crippen LogP contribution in [-0.4, -0.2) is 37.1 Å². The fraction of sp³-hybridized carbons (Fsp3) is 0.231. The summed E-state index contributed by atoms with van der Waals surface area (Å²) in [5.41, 5.74) is 4.46. The van der Waals surface area contributed by atoms with Crippen molar-refractivity contribution in [3.8, 4) is 0 Å². The Kier molecular flexibility index (Phi) is 6.17. The van der Waals surface area contributed by atoms with Gasteiger partial charge >= 0.3 is 0 Å². The predicted molar refractivity (Wildman–Crippen MR) is 127 cm³/mol. The minimum atomic E-state index is -0.0814. The Hall–Kier alpha value is -3.51. The number of benzene rings is 2. The number of halogens is 1. The van der Waals surface area contributed by atoms with E-state index >= 15 is 0 Å². The van der Waals surface area contributed by atoms with Gasteiger partial charge < -0.3 is 4.90 Å². The Morgan fingerprint density at radius 1 is 1.09 bits per heavy atom. The Balaban J connectivity index is 1.38. The molecule has 0 aliphatic carbocycles. The van der Waals surface area contributed by atoms with Gasteiger partial charge in [0.15, 0.2) is 0 Å². The summed E-state index contributed by atoms with van der Waals surface area (Å²) >= 11 is 6.13. The molecule has 166 valence electrons. The smallest absolute Gasteiger partial charge is 0.254 e. The number of hydrogen-bond acceptors (Lipinski definition) is 4. The van der Waals surface area contributed by atoms with Crippen molar-refractivity contribution >= 4 is 17.5 Å². The second kappa shape index (κ2) is 9.55. The Labute approximate surface area is 197 Å². The van der Waals surface area contributed by atoms with Crippen LogP contribution in [0.25, 0.3) is 0 Å². The molecule has 2 aromatic heterocycles. The first-order valence-electron chi connectivity index (χ1n) is 11.1. The third-order valence-electron chi connectivity index (χ3n) is 5.97. The molecule has 1 atom stereocenters. The quantitative estimate of drug-likeness (QED) is 0.411. The largest absolute Gasteiger partial charge is 0.330 e. The topological polar surface area (TPSA) is 63.9 Å². The maximum Gasteiger partial charge on any atom is 0.254 e. The summed E-state index contributed by atoms with van der Waals surface area (Å²) in [6, 6.07) is 17.3. The SMILES string of the molecule is O=C(c1ccccc1Cn1cccn1)N1CCCC1c1cncc(Cc2cccc(Cl)c2)n1. The van der Waals surface area contributed by atoms with E-state index in [1.807, 2.05) is 70.4 Å². The lowest BCUT2D eigenvalue weighted by molar-refractivity contribution is 0.0731. The number of rotatable bonds is 6. The summed E-state index contributed by atoms with van der Waals surface area (Å²) in [5.74, 6) is 0.0299. The van der Waals surface area contributed by atoms with Crippen LogP contribution in [0.3, 0.4) is 0 Å². The Bertz CT molecular complexity index is 1260. The van der Waals surface area contributed by atoms with E-state index in [0.29, 0.717) is 30.1 Å². The number of carbonyl (C=O) groups excluding carboxylic acids is 1. The highest BCUT2D eigenvalue weighted by Crippen LogP contribution is 2.32. The summed E-state index contributed by atoms with van der Waals surface area (Å²) in [6.07, 6.45) is 9.68. The summed E-state index contributed by atoms with van der Waals surface area (Å²) in [5, 5.41) is 4.99. The molecule has 0 bridgehead atoms. The molecule has 3 heterocycles. The molecule has 0 spiro atoms. The van der Waals surface area contributed by atoms with Crippen molar-refractivity contribution in [1.82, 2.24) is 24.6 Å². The summed E-state index contributed by atoms with van der Waals surface area (Å²) in [6.45, 7) is 1.27. The number of nitrogens with zero attached hydrogens (tertiary/aromatic N) is 5. The van der Waals surface area contributed by atoms with Gasteiger partial charge in [-0.25, -0.2) is 0 Å². The van der Waals surface area contributed by atoms with Gasteiger partial charge in [-0.1, -0.05) is 41.9 Å². The molecule has 1 amide bonds. The van der Waals surface area contributed by atoms with Crippen molar-refractivity contribution in [3.05, 3.63) is 112 Å². The third-order valence-corrected chi connectivity index (χ3v) is 6.21. The molecule has 6 nitrogen and oxygen atoms in total. The maximum atomic E-state index is 13.6.